The lowest BCUT2D eigenvalue weighted by molar-refractivity contribution is -0.145. The maximum atomic E-state index is 12.5. The molecular formula is C28H34N2O5. The van der Waals surface area contributed by atoms with Crippen LogP contribution in [0.3, 0.4) is 0 Å². The van der Waals surface area contributed by atoms with Gasteiger partial charge in [-0.15, -0.1) is 6.58 Å². The summed E-state index contributed by atoms with van der Waals surface area (Å²) in [6.07, 6.45) is 3.06. The summed E-state index contributed by atoms with van der Waals surface area (Å²) in [5.41, 5.74) is 4.71. The van der Waals surface area contributed by atoms with Gasteiger partial charge in [0.25, 0.3) is 0 Å². The van der Waals surface area contributed by atoms with Crippen LogP contribution < -0.4 is 5.32 Å². The zero-order chi connectivity index (χ0) is 25.4. The first kappa shape index (κ1) is 26.0. The first-order valence-corrected chi connectivity index (χ1v) is 12.0. The number of hydrogen-bond acceptors (Lipinski definition) is 4. The average molecular weight is 479 g/mol. The zero-order valence-corrected chi connectivity index (χ0v) is 20.4. The predicted molar refractivity (Wildman–Crippen MR) is 135 cm³/mol. The third kappa shape index (κ3) is 6.72. The summed E-state index contributed by atoms with van der Waals surface area (Å²) < 4.78 is 5.60. The molecule has 0 spiro atoms. The Labute approximate surface area is 206 Å². The van der Waals surface area contributed by atoms with Crippen molar-refractivity contribution in [2.24, 2.45) is 5.92 Å². The number of carbonyl (C=O) groups is 3. The van der Waals surface area contributed by atoms with E-state index >= 15 is 0 Å². The summed E-state index contributed by atoms with van der Waals surface area (Å²) in [5, 5.41) is 11.9. The van der Waals surface area contributed by atoms with Crippen molar-refractivity contribution in [3.8, 4) is 11.1 Å². The second kappa shape index (κ2) is 12.2. The lowest BCUT2D eigenvalue weighted by atomic mass is 9.98. The van der Waals surface area contributed by atoms with E-state index < -0.39 is 12.1 Å². The minimum Gasteiger partial charge on any atom is -0.480 e. The van der Waals surface area contributed by atoms with Crippen LogP contribution in [0.2, 0.25) is 0 Å². The van der Waals surface area contributed by atoms with Gasteiger partial charge < -0.3 is 20.1 Å². The molecular weight excluding hydrogens is 444 g/mol. The van der Waals surface area contributed by atoms with Crippen LogP contribution >= 0.6 is 0 Å². The van der Waals surface area contributed by atoms with Crippen LogP contribution in [0.5, 0.6) is 0 Å². The smallest absolute Gasteiger partial charge is 0.407 e. The molecule has 186 valence electrons. The number of benzene rings is 2. The number of carbonyl (C=O) groups excluding carboxylic acids is 2. The topological polar surface area (TPSA) is 95.9 Å². The van der Waals surface area contributed by atoms with Crippen LogP contribution in [-0.2, 0) is 14.3 Å². The van der Waals surface area contributed by atoms with Gasteiger partial charge in [-0.3, -0.25) is 9.59 Å². The van der Waals surface area contributed by atoms with E-state index in [1.807, 2.05) is 31.2 Å². The van der Waals surface area contributed by atoms with Gasteiger partial charge in [-0.25, -0.2) is 4.79 Å². The number of nitrogens with one attached hydrogen (secondary N) is 1. The lowest BCUT2D eigenvalue weighted by Crippen LogP contribution is -2.39. The molecule has 2 amide bonds. The average Bonchev–Trinajstić information content (AvgIpc) is 3.15. The number of alkyl carbamates (subject to hydrolysis) is 1. The van der Waals surface area contributed by atoms with Crippen LogP contribution in [0.15, 0.2) is 61.2 Å². The molecule has 35 heavy (non-hydrogen) atoms. The highest BCUT2D eigenvalue weighted by Crippen LogP contribution is 2.44. The Morgan fingerprint density at radius 3 is 2.23 bits per heavy atom. The van der Waals surface area contributed by atoms with Crippen LogP contribution in [0.4, 0.5) is 4.79 Å². The van der Waals surface area contributed by atoms with Gasteiger partial charge in [-0.1, -0.05) is 68.0 Å². The summed E-state index contributed by atoms with van der Waals surface area (Å²) in [7, 11) is 0. The molecule has 3 rings (SSSR count). The molecule has 0 aromatic heterocycles. The van der Waals surface area contributed by atoms with Crippen LogP contribution in [0, 0.1) is 5.92 Å². The number of carboxylic acid groups (broad SMARTS) is 1. The SMILES string of the molecule is C=CCN(CC(=O)O)C(=O)C(C)CCCC(C)NC(=O)OCC1c2ccccc2-c2ccccc21. The number of amides is 2. The third-order valence-corrected chi connectivity index (χ3v) is 6.39. The van der Waals surface area contributed by atoms with Crippen molar-refractivity contribution in [3.63, 3.8) is 0 Å². The first-order valence-electron chi connectivity index (χ1n) is 12.0. The molecule has 2 aromatic rings. The van der Waals surface area contributed by atoms with E-state index in [1.165, 1.54) is 33.2 Å². The summed E-state index contributed by atoms with van der Waals surface area (Å²) in [6, 6.07) is 16.3. The van der Waals surface area contributed by atoms with Gasteiger partial charge in [0, 0.05) is 24.4 Å². The lowest BCUT2D eigenvalue weighted by Gasteiger charge is -2.23. The Hall–Kier alpha value is -3.61. The fourth-order valence-corrected chi connectivity index (χ4v) is 4.63. The van der Waals surface area contributed by atoms with Crippen molar-refractivity contribution in [1.29, 1.82) is 0 Å². The molecule has 2 unspecified atom stereocenters. The molecule has 0 saturated carbocycles. The van der Waals surface area contributed by atoms with Crippen molar-refractivity contribution in [2.75, 3.05) is 19.7 Å². The van der Waals surface area contributed by atoms with Crippen LogP contribution in [0.1, 0.15) is 50.2 Å². The van der Waals surface area contributed by atoms with Gasteiger partial charge in [0.2, 0.25) is 5.91 Å². The molecule has 2 atom stereocenters. The van der Waals surface area contributed by atoms with Gasteiger partial charge in [0.1, 0.15) is 13.2 Å². The van der Waals surface area contributed by atoms with Gasteiger partial charge in [0.05, 0.1) is 0 Å². The van der Waals surface area contributed by atoms with Crippen molar-refractivity contribution in [2.45, 2.75) is 45.1 Å². The molecule has 7 heteroatoms. The molecule has 0 bridgehead atoms. The molecule has 1 aliphatic rings. The number of carboxylic acids is 1. The fraction of sp³-hybridized carbons (Fsp3) is 0.393. The summed E-state index contributed by atoms with van der Waals surface area (Å²) in [4.78, 5) is 37.3. The summed E-state index contributed by atoms with van der Waals surface area (Å²) in [6.45, 7) is 7.42. The largest absolute Gasteiger partial charge is 0.480 e. The van der Waals surface area contributed by atoms with Crippen molar-refractivity contribution in [1.82, 2.24) is 10.2 Å². The molecule has 7 nitrogen and oxygen atoms in total. The van der Waals surface area contributed by atoms with Gasteiger partial charge in [-0.2, -0.15) is 0 Å². The Morgan fingerprint density at radius 1 is 1.06 bits per heavy atom. The van der Waals surface area contributed by atoms with E-state index in [1.54, 1.807) is 6.92 Å². The van der Waals surface area contributed by atoms with E-state index in [4.69, 9.17) is 9.84 Å². The number of ether oxygens (including phenoxy) is 1. The fourth-order valence-electron chi connectivity index (χ4n) is 4.63. The van der Waals surface area contributed by atoms with Crippen LogP contribution in [0.25, 0.3) is 11.1 Å². The number of aliphatic carboxylic acids is 1. The highest BCUT2D eigenvalue weighted by Gasteiger charge is 2.29. The normalized spacial score (nSPS) is 13.8. The van der Waals surface area contributed by atoms with E-state index in [0.717, 1.165) is 0 Å². The van der Waals surface area contributed by atoms with E-state index in [-0.39, 0.29) is 43.5 Å². The highest BCUT2D eigenvalue weighted by molar-refractivity contribution is 5.83. The van der Waals surface area contributed by atoms with Crippen molar-refractivity contribution in [3.05, 3.63) is 72.3 Å². The minimum absolute atomic E-state index is 0.0135. The number of fused-ring (bicyclic) bond motifs is 3. The highest BCUT2D eigenvalue weighted by atomic mass is 16.5. The van der Waals surface area contributed by atoms with E-state index in [2.05, 4.69) is 36.2 Å². The van der Waals surface area contributed by atoms with E-state index in [0.29, 0.717) is 19.3 Å². The number of nitrogens with zero attached hydrogens (tertiary/aromatic N) is 1. The molecule has 0 saturated heterocycles. The summed E-state index contributed by atoms with van der Waals surface area (Å²) >= 11 is 0. The first-order chi connectivity index (χ1) is 16.8. The second-order valence-electron chi connectivity index (χ2n) is 9.10. The number of rotatable bonds is 12. The Balaban J connectivity index is 1.44. The molecule has 2 N–H and O–H groups in total. The molecule has 2 aromatic carbocycles. The molecule has 0 aliphatic heterocycles. The summed E-state index contributed by atoms with van der Waals surface area (Å²) in [5.74, 6) is -1.55. The maximum absolute atomic E-state index is 12.5. The molecule has 0 heterocycles. The zero-order valence-electron chi connectivity index (χ0n) is 20.4. The van der Waals surface area contributed by atoms with E-state index in [9.17, 15) is 14.4 Å². The van der Waals surface area contributed by atoms with Gasteiger partial charge in [0.15, 0.2) is 0 Å². The van der Waals surface area contributed by atoms with Crippen molar-refractivity contribution < 1.29 is 24.2 Å². The standard InChI is InChI=1S/C28H34N2O5/c1-4-16-30(17-26(31)32)27(33)19(2)10-9-11-20(3)29-28(34)35-18-25-23-14-7-5-12-21(23)22-13-6-8-15-24(22)25/h4-8,12-15,19-20,25H,1,9-11,16-18H2,2-3H3,(H,29,34)(H,31,32). The second-order valence-corrected chi connectivity index (χ2v) is 9.10. The van der Waals surface area contributed by atoms with Gasteiger partial charge >= 0.3 is 12.1 Å². The number of hydrogen-bond donors (Lipinski definition) is 2. The Morgan fingerprint density at radius 2 is 1.66 bits per heavy atom. The maximum Gasteiger partial charge on any atom is 0.407 e. The molecule has 0 fully saturated rings. The minimum atomic E-state index is -1.05. The quantitative estimate of drug-likeness (QED) is 0.427. The van der Waals surface area contributed by atoms with Crippen molar-refractivity contribution >= 4 is 18.0 Å². The third-order valence-electron chi connectivity index (χ3n) is 6.39. The monoisotopic (exact) mass is 478 g/mol. The molecule has 1 aliphatic carbocycles. The molecule has 0 radical (unpaired) electrons. The van der Waals surface area contributed by atoms with Gasteiger partial charge in [-0.05, 0) is 42.0 Å². The van der Waals surface area contributed by atoms with Crippen LogP contribution in [-0.4, -0.2) is 53.7 Å². The predicted octanol–water partition coefficient (Wildman–Crippen LogP) is 4.82. The Bertz CT molecular complexity index is 1020. The Kier molecular flexibility index (Phi) is 9.06.